The third kappa shape index (κ3) is 6.21. The summed E-state index contributed by atoms with van der Waals surface area (Å²) in [4.78, 5) is 27.8. The third-order valence-electron chi connectivity index (χ3n) is 4.35. The minimum Gasteiger partial charge on any atom is -0.368 e. The number of halogens is 2. The molecule has 2 heterocycles. The molecule has 0 radical (unpaired) electrons. The fourth-order valence-electron chi connectivity index (χ4n) is 3.23. The van der Waals surface area contributed by atoms with Crippen LogP contribution in [-0.4, -0.2) is 28.8 Å². The van der Waals surface area contributed by atoms with E-state index in [-0.39, 0.29) is 5.56 Å². The van der Waals surface area contributed by atoms with Crippen molar-refractivity contribution >= 4 is 52.1 Å². The molecule has 30 heavy (non-hydrogen) atoms. The SMILES string of the molecule is CCC.CI.CN(/C=N\N)c1ccc(Cl)cc1-c1cc2n(c(=O)c1)C(C(N)=O)CC2. The number of nitrogens with two attached hydrogens (primary N) is 2. The summed E-state index contributed by atoms with van der Waals surface area (Å²) >= 11 is 8.30. The molecule has 1 aromatic heterocycles. The highest BCUT2D eigenvalue weighted by molar-refractivity contribution is 14.1. The quantitative estimate of drug-likeness (QED) is 0.152. The Labute approximate surface area is 196 Å². The minimum atomic E-state index is -0.581. The molecule has 164 valence electrons. The maximum atomic E-state index is 12.6. The first kappa shape index (κ1) is 26.0. The monoisotopic (exact) mass is 545 g/mol. The van der Waals surface area contributed by atoms with Crippen molar-refractivity contribution in [2.45, 2.75) is 39.2 Å². The number of fused-ring (bicyclic) bond motifs is 1. The van der Waals surface area contributed by atoms with Crippen molar-refractivity contribution < 1.29 is 4.79 Å². The molecule has 1 aliphatic rings. The number of hydrogen-bond acceptors (Lipinski definition) is 4. The Balaban J connectivity index is 0.000000826. The molecule has 4 N–H and O–H groups in total. The predicted octanol–water partition coefficient (Wildman–Crippen LogP) is 3.95. The second kappa shape index (κ2) is 12.6. The molecular formula is C21H29ClIN5O2. The van der Waals surface area contributed by atoms with Gasteiger partial charge in [0.1, 0.15) is 12.4 Å². The number of benzene rings is 1. The lowest BCUT2D eigenvalue weighted by atomic mass is 10.0. The van der Waals surface area contributed by atoms with Crippen LogP contribution in [0.25, 0.3) is 11.1 Å². The number of anilines is 1. The Morgan fingerprint density at radius 2 is 1.97 bits per heavy atom. The number of carbonyl (C=O) groups is 1. The van der Waals surface area contributed by atoms with E-state index < -0.39 is 11.9 Å². The zero-order valence-corrected chi connectivity index (χ0v) is 20.6. The normalized spacial score (nSPS) is 14.3. The van der Waals surface area contributed by atoms with Crippen LogP contribution in [0, 0.1) is 0 Å². The number of pyridine rings is 1. The summed E-state index contributed by atoms with van der Waals surface area (Å²) in [5.41, 5.74) is 8.22. The molecule has 1 unspecified atom stereocenters. The van der Waals surface area contributed by atoms with Crippen molar-refractivity contribution in [3.05, 3.63) is 51.4 Å². The molecule has 3 rings (SSSR count). The van der Waals surface area contributed by atoms with Crippen LogP contribution in [0.15, 0.2) is 40.2 Å². The molecule has 7 nitrogen and oxygen atoms in total. The topological polar surface area (TPSA) is 107 Å². The Bertz CT molecular complexity index is 945. The number of aryl methyl sites for hydroxylation is 1. The van der Waals surface area contributed by atoms with Crippen LogP contribution in [0.5, 0.6) is 0 Å². The maximum absolute atomic E-state index is 12.6. The number of primary amides is 1. The highest BCUT2D eigenvalue weighted by atomic mass is 127. The average Bonchev–Trinajstić information content (AvgIpc) is 3.15. The van der Waals surface area contributed by atoms with E-state index in [0.717, 1.165) is 22.5 Å². The number of rotatable bonds is 4. The Morgan fingerprint density at radius 3 is 2.53 bits per heavy atom. The van der Waals surface area contributed by atoms with E-state index in [1.54, 1.807) is 24.1 Å². The van der Waals surface area contributed by atoms with Crippen LogP contribution in [0.4, 0.5) is 5.69 Å². The van der Waals surface area contributed by atoms with Gasteiger partial charge in [0.15, 0.2) is 0 Å². The molecule has 1 amide bonds. The first-order chi connectivity index (χ1) is 14.3. The zero-order valence-electron chi connectivity index (χ0n) is 17.7. The summed E-state index contributed by atoms with van der Waals surface area (Å²) in [6.07, 6.45) is 3.87. The highest BCUT2D eigenvalue weighted by Crippen LogP contribution is 2.34. The Kier molecular flexibility index (Phi) is 10.9. The van der Waals surface area contributed by atoms with Crippen LogP contribution < -0.4 is 22.0 Å². The van der Waals surface area contributed by atoms with Gasteiger partial charge >= 0.3 is 0 Å². The van der Waals surface area contributed by atoms with Gasteiger partial charge in [-0.2, -0.15) is 5.10 Å². The van der Waals surface area contributed by atoms with E-state index in [2.05, 4.69) is 41.5 Å². The smallest absolute Gasteiger partial charge is 0.252 e. The Morgan fingerprint density at radius 1 is 1.33 bits per heavy atom. The molecule has 0 aliphatic carbocycles. The van der Waals surface area contributed by atoms with Gasteiger partial charge in [-0.3, -0.25) is 9.59 Å². The molecule has 0 saturated carbocycles. The molecule has 0 bridgehead atoms. The van der Waals surface area contributed by atoms with E-state index in [1.807, 2.05) is 17.1 Å². The number of aromatic nitrogens is 1. The van der Waals surface area contributed by atoms with Gasteiger partial charge in [-0.15, -0.1) is 0 Å². The van der Waals surface area contributed by atoms with E-state index in [1.165, 1.54) is 23.4 Å². The molecule has 0 saturated heterocycles. The molecule has 0 fully saturated rings. The zero-order chi connectivity index (χ0) is 22.8. The number of hydrazone groups is 1. The summed E-state index contributed by atoms with van der Waals surface area (Å²) in [5.74, 6) is 4.74. The van der Waals surface area contributed by atoms with Crippen LogP contribution >= 0.6 is 34.2 Å². The summed E-state index contributed by atoms with van der Waals surface area (Å²) < 4.78 is 1.47. The van der Waals surface area contributed by atoms with Gasteiger partial charge < -0.3 is 21.0 Å². The fourth-order valence-corrected chi connectivity index (χ4v) is 3.40. The third-order valence-corrected chi connectivity index (χ3v) is 4.59. The fraction of sp³-hybridized carbons (Fsp3) is 0.381. The number of nitrogens with zero attached hydrogens (tertiary/aromatic N) is 3. The summed E-state index contributed by atoms with van der Waals surface area (Å²) in [6, 6.07) is 8.17. The maximum Gasteiger partial charge on any atom is 0.252 e. The lowest BCUT2D eigenvalue weighted by molar-refractivity contribution is -0.121. The number of carbonyl (C=O) groups excluding carboxylic acids is 1. The van der Waals surface area contributed by atoms with Crippen LogP contribution in [0.3, 0.4) is 0 Å². The van der Waals surface area contributed by atoms with Gasteiger partial charge in [0, 0.05) is 35.1 Å². The van der Waals surface area contributed by atoms with E-state index in [0.29, 0.717) is 17.9 Å². The number of amides is 1. The van der Waals surface area contributed by atoms with Gasteiger partial charge in [0.2, 0.25) is 5.91 Å². The van der Waals surface area contributed by atoms with Crippen LogP contribution in [0.2, 0.25) is 5.02 Å². The van der Waals surface area contributed by atoms with Crippen molar-refractivity contribution in [3.8, 4) is 11.1 Å². The summed E-state index contributed by atoms with van der Waals surface area (Å²) in [5, 5.41) is 4.07. The van der Waals surface area contributed by atoms with Crippen LogP contribution in [-0.2, 0) is 11.2 Å². The standard InChI is InChI=1S/C17H18ClN5O2.C3H8.CH3I/c1-22(9-21-20)14-4-2-11(18)8-13(14)10-6-12-3-5-15(17(19)25)23(12)16(24)7-10;1-3-2;1-2/h2,4,6-9,15H,3,5,20H2,1H3,(H2,19,25);3H2,1-2H3;1H3/b21-9-;;. The Hall–Kier alpha value is -2.07. The summed E-state index contributed by atoms with van der Waals surface area (Å²) in [6.45, 7) is 4.25. The first-order valence-corrected chi connectivity index (χ1v) is 12.1. The highest BCUT2D eigenvalue weighted by Gasteiger charge is 2.28. The largest absolute Gasteiger partial charge is 0.368 e. The number of hydrogen-bond donors (Lipinski definition) is 2. The van der Waals surface area contributed by atoms with Gasteiger partial charge in [0.05, 0.1) is 0 Å². The van der Waals surface area contributed by atoms with Crippen molar-refractivity contribution in [2.24, 2.45) is 16.7 Å². The molecule has 2 aromatic rings. The van der Waals surface area contributed by atoms with Gasteiger partial charge in [-0.05, 0) is 47.6 Å². The van der Waals surface area contributed by atoms with Crippen molar-refractivity contribution in [1.82, 2.24) is 4.57 Å². The molecule has 1 atom stereocenters. The molecular weight excluding hydrogens is 517 g/mol. The second-order valence-corrected chi connectivity index (χ2v) is 7.08. The number of alkyl halides is 1. The van der Waals surface area contributed by atoms with Gasteiger partial charge in [-0.1, -0.05) is 54.5 Å². The lowest BCUT2D eigenvalue weighted by Crippen LogP contribution is -2.31. The first-order valence-electron chi connectivity index (χ1n) is 9.52. The van der Waals surface area contributed by atoms with E-state index in [9.17, 15) is 9.59 Å². The minimum absolute atomic E-state index is 0.255. The summed E-state index contributed by atoms with van der Waals surface area (Å²) in [7, 11) is 1.80. The van der Waals surface area contributed by atoms with Gasteiger partial charge in [-0.25, -0.2) is 0 Å². The van der Waals surface area contributed by atoms with Crippen LogP contribution in [0.1, 0.15) is 38.4 Å². The second-order valence-electron chi connectivity index (χ2n) is 6.64. The lowest BCUT2D eigenvalue weighted by Gasteiger charge is -2.19. The van der Waals surface area contributed by atoms with Crippen molar-refractivity contribution in [1.29, 1.82) is 0 Å². The molecule has 9 heteroatoms. The molecule has 0 spiro atoms. The van der Waals surface area contributed by atoms with Crippen molar-refractivity contribution in [2.75, 3.05) is 16.9 Å². The van der Waals surface area contributed by atoms with E-state index in [4.69, 9.17) is 23.2 Å². The predicted molar refractivity (Wildman–Crippen MR) is 135 cm³/mol. The molecule has 1 aliphatic heterocycles. The average molecular weight is 546 g/mol. The van der Waals surface area contributed by atoms with E-state index >= 15 is 0 Å². The van der Waals surface area contributed by atoms with Gasteiger partial charge in [0.25, 0.3) is 5.56 Å². The van der Waals surface area contributed by atoms with Crippen molar-refractivity contribution in [3.63, 3.8) is 0 Å². The molecule has 1 aromatic carbocycles.